The van der Waals surface area contributed by atoms with Crippen molar-refractivity contribution in [2.24, 2.45) is 0 Å². The molecule has 2 heterocycles. The molecule has 0 bridgehead atoms. The van der Waals surface area contributed by atoms with Crippen LogP contribution in [0.1, 0.15) is 48.7 Å². The third-order valence-corrected chi connectivity index (χ3v) is 5.43. The second kappa shape index (κ2) is 8.69. The van der Waals surface area contributed by atoms with Gasteiger partial charge in [-0.25, -0.2) is 4.68 Å². The van der Waals surface area contributed by atoms with Gasteiger partial charge in [0.2, 0.25) is 0 Å². The molecule has 140 valence electrons. The molecule has 1 saturated heterocycles. The SMILES string of the molecule is Cc1nn(-c2ccccc2)c(Cl)c1C(=O)NCCCN1CCCCC1C. The van der Waals surface area contributed by atoms with Gasteiger partial charge < -0.3 is 10.2 Å². The van der Waals surface area contributed by atoms with Gasteiger partial charge in [0.15, 0.2) is 0 Å². The molecule has 1 unspecified atom stereocenters. The van der Waals surface area contributed by atoms with E-state index in [-0.39, 0.29) is 5.91 Å². The summed E-state index contributed by atoms with van der Waals surface area (Å²) in [7, 11) is 0. The lowest BCUT2D eigenvalue weighted by Crippen LogP contribution is -2.39. The monoisotopic (exact) mass is 374 g/mol. The lowest BCUT2D eigenvalue weighted by atomic mass is 10.0. The maximum absolute atomic E-state index is 12.6. The van der Waals surface area contributed by atoms with Crippen molar-refractivity contribution in [3.63, 3.8) is 0 Å². The number of piperidine rings is 1. The van der Waals surface area contributed by atoms with Crippen molar-refractivity contribution in [1.29, 1.82) is 0 Å². The van der Waals surface area contributed by atoms with Crippen LogP contribution in [0.25, 0.3) is 5.69 Å². The van der Waals surface area contributed by atoms with Gasteiger partial charge in [0.25, 0.3) is 5.91 Å². The maximum Gasteiger partial charge on any atom is 0.256 e. The summed E-state index contributed by atoms with van der Waals surface area (Å²) in [6.07, 6.45) is 4.83. The lowest BCUT2D eigenvalue weighted by Gasteiger charge is -2.33. The molecule has 1 fully saturated rings. The topological polar surface area (TPSA) is 50.2 Å². The molecule has 0 radical (unpaired) electrons. The van der Waals surface area contributed by atoms with Crippen molar-refractivity contribution in [2.75, 3.05) is 19.6 Å². The van der Waals surface area contributed by atoms with Crippen molar-refractivity contribution in [3.8, 4) is 5.69 Å². The number of hydrogen-bond donors (Lipinski definition) is 1. The highest BCUT2D eigenvalue weighted by Crippen LogP contribution is 2.23. The first-order valence-corrected chi connectivity index (χ1v) is 9.78. The van der Waals surface area contributed by atoms with E-state index < -0.39 is 0 Å². The Kier molecular flexibility index (Phi) is 6.33. The molecule has 26 heavy (non-hydrogen) atoms. The van der Waals surface area contributed by atoms with E-state index >= 15 is 0 Å². The van der Waals surface area contributed by atoms with Crippen LogP contribution in [0.2, 0.25) is 5.15 Å². The summed E-state index contributed by atoms with van der Waals surface area (Å²) in [5.41, 5.74) is 1.95. The summed E-state index contributed by atoms with van der Waals surface area (Å²) in [5.74, 6) is -0.152. The molecule has 3 rings (SSSR count). The number of rotatable bonds is 6. The first-order valence-electron chi connectivity index (χ1n) is 9.40. The fourth-order valence-electron chi connectivity index (χ4n) is 3.56. The fraction of sp³-hybridized carbons (Fsp3) is 0.500. The number of carbonyl (C=O) groups is 1. The molecule has 0 aliphatic carbocycles. The van der Waals surface area contributed by atoms with Crippen molar-refractivity contribution in [2.45, 2.75) is 45.6 Å². The number of amides is 1. The Morgan fingerprint density at radius 3 is 2.81 bits per heavy atom. The highest BCUT2D eigenvalue weighted by atomic mass is 35.5. The third-order valence-electron chi connectivity index (χ3n) is 5.08. The number of aromatic nitrogens is 2. The van der Waals surface area contributed by atoms with Gasteiger partial charge in [0.05, 0.1) is 16.9 Å². The lowest BCUT2D eigenvalue weighted by molar-refractivity contribution is 0.0948. The van der Waals surface area contributed by atoms with Crippen molar-refractivity contribution in [3.05, 3.63) is 46.7 Å². The van der Waals surface area contributed by atoms with E-state index in [1.165, 1.54) is 25.8 Å². The zero-order valence-electron chi connectivity index (χ0n) is 15.5. The van der Waals surface area contributed by atoms with E-state index in [1.54, 1.807) is 4.68 Å². The van der Waals surface area contributed by atoms with Crippen LogP contribution in [0, 0.1) is 6.92 Å². The Morgan fingerprint density at radius 1 is 1.31 bits per heavy atom. The van der Waals surface area contributed by atoms with Gasteiger partial charge in [0, 0.05) is 19.1 Å². The number of halogens is 1. The van der Waals surface area contributed by atoms with Crippen LogP contribution in [0.15, 0.2) is 30.3 Å². The molecule has 0 spiro atoms. The van der Waals surface area contributed by atoms with E-state index in [0.29, 0.717) is 29.0 Å². The zero-order valence-corrected chi connectivity index (χ0v) is 16.3. The van der Waals surface area contributed by atoms with Crippen LogP contribution in [0.5, 0.6) is 0 Å². The van der Waals surface area contributed by atoms with Crippen LogP contribution < -0.4 is 5.32 Å². The normalized spacial score (nSPS) is 18.0. The number of nitrogens with zero attached hydrogens (tertiary/aromatic N) is 3. The van der Waals surface area contributed by atoms with Crippen LogP contribution in [-0.2, 0) is 0 Å². The minimum absolute atomic E-state index is 0.152. The van der Waals surface area contributed by atoms with Crippen molar-refractivity contribution < 1.29 is 4.79 Å². The highest BCUT2D eigenvalue weighted by molar-refractivity contribution is 6.33. The number of nitrogens with one attached hydrogen (secondary N) is 1. The van der Waals surface area contributed by atoms with Gasteiger partial charge in [-0.3, -0.25) is 4.79 Å². The van der Waals surface area contributed by atoms with E-state index in [4.69, 9.17) is 11.6 Å². The molecule has 0 saturated carbocycles. The maximum atomic E-state index is 12.6. The quantitative estimate of drug-likeness (QED) is 0.782. The van der Waals surface area contributed by atoms with Gasteiger partial charge in [-0.2, -0.15) is 5.10 Å². The first kappa shape index (κ1) is 18.9. The molecule has 1 aromatic heterocycles. The molecule has 1 amide bonds. The summed E-state index contributed by atoms with van der Waals surface area (Å²) >= 11 is 6.44. The first-order chi connectivity index (χ1) is 12.6. The van der Waals surface area contributed by atoms with E-state index in [1.807, 2.05) is 37.3 Å². The second-order valence-electron chi connectivity index (χ2n) is 6.99. The third kappa shape index (κ3) is 4.27. The zero-order chi connectivity index (χ0) is 18.5. The largest absolute Gasteiger partial charge is 0.352 e. The summed E-state index contributed by atoms with van der Waals surface area (Å²) in [4.78, 5) is 15.1. The fourth-order valence-corrected chi connectivity index (χ4v) is 3.92. The number of hydrogen-bond acceptors (Lipinski definition) is 3. The predicted molar refractivity (Wildman–Crippen MR) is 105 cm³/mol. The minimum Gasteiger partial charge on any atom is -0.352 e. The van der Waals surface area contributed by atoms with Gasteiger partial charge in [-0.1, -0.05) is 36.2 Å². The highest BCUT2D eigenvalue weighted by Gasteiger charge is 2.21. The molecule has 1 N–H and O–H groups in total. The average Bonchev–Trinajstić information content (AvgIpc) is 2.95. The molecule has 1 aliphatic heterocycles. The van der Waals surface area contributed by atoms with E-state index in [9.17, 15) is 4.79 Å². The Bertz CT molecular complexity index is 744. The Balaban J connectivity index is 1.57. The van der Waals surface area contributed by atoms with Crippen LogP contribution in [-0.4, -0.2) is 46.3 Å². The number of carbonyl (C=O) groups excluding carboxylic acids is 1. The molecule has 1 atom stereocenters. The van der Waals surface area contributed by atoms with Crippen LogP contribution in [0.4, 0.5) is 0 Å². The molecule has 6 heteroatoms. The number of benzene rings is 1. The van der Waals surface area contributed by atoms with E-state index in [0.717, 1.165) is 18.7 Å². The van der Waals surface area contributed by atoms with Crippen molar-refractivity contribution >= 4 is 17.5 Å². The van der Waals surface area contributed by atoms with Crippen LogP contribution >= 0.6 is 11.6 Å². The number of para-hydroxylation sites is 1. The summed E-state index contributed by atoms with van der Waals surface area (Å²) in [6, 6.07) is 10.3. The summed E-state index contributed by atoms with van der Waals surface area (Å²) < 4.78 is 1.61. The van der Waals surface area contributed by atoms with Gasteiger partial charge in [0.1, 0.15) is 5.15 Å². The Labute approximate surface area is 160 Å². The second-order valence-corrected chi connectivity index (χ2v) is 7.35. The number of aryl methyl sites for hydroxylation is 1. The molecule has 5 nitrogen and oxygen atoms in total. The van der Waals surface area contributed by atoms with Gasteiger partial charge in [-0.15, -0.1) is 0 Å². The van der Waals surface area contributed by atoms with E-state index in [2.05, 4.69) is 22.2 Å². The standard InChI is InChI=1S/C20H27ClN4O/c1-15-9-6-7-13-24(15)14-8-12-22-20(26)18-16(2)23-25(19(18)21)17-10-4-3-5-11-17/h3-5,10-11,15H,6-9,12-14H2,1-2H3,(H,22,26). The number of likely N-dealkylation sites (tertiary alicyclic amines) is 1. The van der Waals surface area contributed by atoms with Crippen LogP contribution in [0.3, 0.4) is 0 Å². The molecule has 1 aliphatic rings. The van der Waals surface area contributed by atoms with Crippen molar-refractivity contribution in [1.82, 2.24) is 20.0 Å². The Hall–Kier alpha value is -1.85. The summed E-state index contributed by atoms with van der Waals surface area (Å²) in [5, 5.41) is 7.78. The van der Waals surface area contributed by atoms with Gasteiger partial charge >= 0.3 is 0 Å². The predicted octanol–water partition coefficient (Wildman–Crippen LogP) is 3.83. The summed E-state index contributed by atoms with van der Waals surface area (Å²) in [6.45, 7) is 6.95. The average molecular weight is 375 g/mol. The van der Waals surface area contributed by atoms with Gasteiger partial charge in [-0.05, 0) is 51.8 Å². The molecular formula is C20H27ClN4O. The Morgan fingerprint density at radius 2 is 2.08 bits per heavy atom. The molecule has 1 aromatic carbocycles. The molecular weight excluding hydrogens is 348 g/mol. The smallest absolute Gasteiger partial charge is 0.256 e. The minimum atomic E-state index is -0.152. The molecule has 2 aromatic rings.